The van der Waals surface area contributed by atoms with Gasteiger partial charge in [-0.3, -0.25) is 4.79 Å². The minimum atomic E-state index is -0.864. The van der Waals surface area contributed by atoms with Crippen LogP contribution in [-0.2, 0) is 6.42 Å². The van der Waals surface area contributed by atoms with Crippen molar-refractivity contribution in [3.05, 3.63) is 82.6 Å². The molecule has 1 heterocycles. The highest BCUT2D eigenvalue weighted by Gasteiger charge is 2.15. The zero-order valence-electron chi connectivity index (χ0n) is 14.0. The van der Waals surface area contributed by atoms with Gasteiger partial charge in [0.15, 0.2) is 0 Å². The summed E-state index contributed by atoms with van der Waals surface area (Å²) in [6.07, 6.45) is 2.07. The van der Waals surface area contributed by atoms with E-state index in [4.69, 9.17) is 11.6 Å². The summed E-state index contributed by atoms with van der Waals surface area (Å²) in [5.74, 6) is -2.23. The Morgan fingerprint density at radius 2 is 1.81 bits per heavy atom. The fourth-order valence-electron chi connectivity index (χ4n) is 2.38. The van der Waals surface area contributed by atoms with E-state index < -0.39 is 23.2 Å². The number of carbonyl (C=O) groups is 1. The first-order valence-corrected chi connectivity index (χ1v) is 8.47. The van der Waals surface area contributed by atoms with Gasteiger partial charge in [-0.15, -0.1) is 0 Å². The number of benzene rings is 2. The lowest BCUT2D eigenvalue weighted by molar-refractivity contribution is 0.102. The van der Waals surface area contributed by atoms with Crippen LogP contribution in [0.1, 0.15) is 16.1 Å². The van der Waals surface area contributed by atoms with E-state index in [-0.39, 0.29) is 11.6 Å². The molecule has 3 aromatic rings. The molecule has 0 atom stereocenters. The normalized spacial score (nSPS) is 10.5. The molecule has 0 saturated heterocycles. The smallest absolute Gasteiger partial charge is 0.274 e. The summed E-state index contributed by atoms with van der Waals surface area (Å²) in [5, 5.41) is 5.84. The first kappa shape index (κ1) is 18.7. The maximum atomic E-state index is 13.7. The van der Waals surface area contributed by atoms with Gasteiger partial charge in [-0.25, -0.2) is 18.7 Å². The van der Waals surface area contributed by atoms with E-state index in [0.717, 1.165) is 17.7 Å². The van der Waals surface area contributed by atoms with Crippen molar-refractivity contribution in [1.29, 1.82) is 0 Å². The average molecular weight is 389 g/mol. The van der Waals surface area contributed by atoms with Crippen molar-refractivity contribution in [1.82, 2.24) is 9.97 Å². The zero-order chi connectivity index (χ0) is 19.2. The Morgan fingerprint density at radius 3 is 2.56 bits per heavy atom. The first-order chi connectivity index (χ1) is 13.0. The molecule has 0 aliphatic heterocycles. The van der Waals surface area contributed by atoms with Gasteiger partial charge in [-0.05, 0) is 42.3 Å². The quantitative estimate of drug-likeness (QED) is 0.660. The number of hydrogen-bond acceptors (Lipinski definition) is 4. The third-order valence-electron chi connectivity index (χ3n) is 3.68. The molecule has 1 aromatic heterocycles. The second-order valence-electron chi connectivity index (χ2n) is 5.62. The molecule has 2 aromatic carbocycles. The minimum Gasteiger partial charge on any atom is -0.354 e. The number of hydrogen-bond donors (Lipinski definition) is 2. The molecule has 0 fully saturated rings. The highest BCUT2D eigenvalue weighted by atomic mass is 35.5. The van der Waals surface area contributed by atoms with Gasteiger partial charge in [-0.2, -0.15) is 0 Å². The molecule has 0 unspecified atom stereocenters. The Hall–Kier alpha value is -3.06. The van der Waals surface area contributed by atoms with Crippen molar-refractivity contribution in [2.24, 2.45) is 0 Å². The molecule has 3 rings (SSSR count). The van der Waals surface area contributed by atoms with Gasteiger partial charge in [0.25, 0.3) is 5.91 Å². The van der Waals surface area contributed by atoms with Crippen molar-refractivity contribution in [3.63, 3.8) is 0 Å². The molecule has 5 nitrogen and oxygen atoms in total. The Kier molecular flexibility index (Phi) is 5.93. The van der Waals surface area contributed by atoms with Crippen LogP contribution < -0.4 is 10.6 Å². The Bertz CT molecular complexity index is 948. The zero-order valence-corrected chi connectivity index (χ0v) is 14.8. The Morgan fingerprint density at radius 1 is 1.07 bits per heavy atom. The maximum Gasteiger partial charge on any atom is 0.274 e. The summed E-state index contributed by atoms with van der Waals surface area (Å²) in [5.41, 5.74) is 0.508. The number of nitrogens with one attached hydrogen (secondary N) is 2. The van der Waals surface area contributed by atoms with Crippen LogP contribution >= 0.6 is 11.6 Å². The molecule has 0 saturated carbocycles. The van der Waals surface area contributed by atoms with E-state index in [1.807, 2.05) is 18.2 Å². The average Bonchev–Trinajstić information content (AvgIpc) is 2.65. The third-order valence-corrected chi connectivity index (χ3v) is 3.91. The van der Waals surface area contributed by atoms with Crippen LogP contribution in [0.4, 0.5) is 20.4 Å². The largest absolute Gasteiger partial charge is 0.354 e. The SMILES string of the molecule is O=C(Nc1c(F)cccc1F)c1ccnc(NCCc2cccc(Cl)c2)n1. The predicted molar refractivity (Wildman–Crippen MR) is 100.0 cm³/mol. The van der Waals surface area contributed by atoms with Crippen molar-refractivity contribution in [2.75, 3.05) is 17.2 Å². The molecule has 138 valence electrons. The van der Waals surface area contributed by atoms with Crippen LogP contribution in [0.25, 0.3) is 0 Å². The fourth-order valence-corrected chi connectivity index (χ4v) is 2.59. The molecule has 8 heteroatoms. The van der Waals surface area contributed by atoms with E-state index in [1.54, 1.807) is 6.07 Å². The number of carbonyl (C=O) groups excluding carboxylic acids is 1. The van der Waals surface area contributed by atoms with Crippen LogP contribution in [-0.4, -0.2) is 22.4 Å². The lowest BCUT2D eigenvalue weighted by atomic mass is 10.1. The van der Waals surface area contributed by atoms with Crippen molar-refractivity contribution in [3.8, 4) is 0 Å². The first-order valence-electron chi connectivity index (χ1n) is 8.09. The van der Waals surface area contributed by atoms with Crippen LogP contribution in [0.2, 0.25) is 5.02 Å². The number of rotatable bonds is 6. The Labute approximate surface area is 159 Å². The molecule has 1 amide bonds. The number of halogens is 3. The summed E-state index contributed by atoms with van der Waals surface area (Å²) in [6, 6.07) is 12.1. The molecule has 2 N–H and O–H groups in total. The van der Waals surface area contributed by atoms with Gasteiger partial charge in [0, 0.05) is 17.8 Å². The standard InChI is InChI=1S/C19H15ClF2N4O/c20-13-4-1-3-12(11-13)7-9-23-19-24-10-8-16(25-19)18(27)26-17-14(21)5-2-6-15(17)22/h1-6,8,10-11H,7,9H2,(H,26,27)(H,23,24,25). The second-order valence-corrected chi connectivity index (χ2v) is 6.06. The highest BCUT2D eigenvalue weighted by Crippen LogP contribution is 2.18. The molecular formula is C19H15ClF2N4O. The van der Waals surface area contributed by atoms with Gasteiger partial charge in [0.2, 0.25) is 5.95 Å². The van der Waals surface area contributed by atoms with Crippen molar-refractivity contribution in [2.45, 2.75) is 6.42 Å². The second kappa shape index (κ2) is 8.55. The number of nitrogens with zero attached hydrogens (tertiary/aromatic N) is 2. The van der Waals surface area contributed by atoms with Crippen LogP contribution in [0.3, 0.4) is 0 Å². The lowest BCUT2D eigenvalue weighted by Crippen LogP contribution is -2.17. The van der Waals surface area contributed by atoms with Gasteiger partial charge in [-0.1, -0.05) is 29.8 Å². The summed E-state index contributed by atoms with van der Waals surface area (Å²) in [7, 11) is 0. The van der Waals surface area contributed by atoms with Gasteiger partial charge in [0.1, 0.15) is 23.0 Å². The van der Waals surface area contributed by atoms with Crippen LogP contribution in [0.15, 0.2) is 54.7 Å². The monoisotopic (exact) mass is 388 g/mol. The number of amides is 1. The number of anilines is 2. The van der Waals surface area contributed by atoms with E-state index in [2.05, 4.69) is 20.6 Å². The molecular weight excluding hydrogens is 374 g/mol. The predicted octanol–water partition coefficient (Wildman–Crippen LogP) is 4.32. The van der Waals surface area contributed by atoms with E-state index >= 15 is 0 Å². The maximum absolute atomic E-state index is 13.7. The van der Waals surface area contributed by atoms with E-state index in [9.17, 15) is 13.6 Å². The number of para-hydroxylation sites is 1. The summed E-state index contributed by atoms with van der Waals surface area (Å²) in [4.78, 5) is 20.3. The van der Waals surface area contributed by atoms with Gasteiger partial charge >= 0.3 is 0 Å². The van der Waals surface area contributed by atoms with Gasteiger partial charge in [0.05, 0.1) is 0 Å². The topological polar surface area (TPSA) is 66.9 Å². The van der Waals surface area contributed by atoms with Crippen LogP contribution in [0, 0.1) is 11.6 Å². The van der Waals surface area contributed by atoms with Crippen molar-refractivity contribution >= 4 is 29.1 Å². The fraction of sp³-hybridized carbons (Fsp3) is 0.105. The summed E-state index contributed by atoms with van der Waals surface area (Å²) >= 11 is 5.94. The van der Waals surface area contributed by atoms with E-state index in [0.29, 0.717) is 18.0 Å². The highest BCUT2D eigenvalue weighted by molar-refractivity contribution is 6.30. The summed E-state index contributed by atoms with van der Waals surface area (Å²) < 4.78 is 27.3. The van der Waals surface area contributed by atoms with E-state index in [1.165, 1.54) is 18.3 Å². The van der Waals surface area contributed by atoms with Gasteiger partial charge < -0.3 is 10.6 Å². The number of aromatic nitrogens is 2. The van der Waals surface area contributed by atoms with Crippen LogP contribution in [0.5, 0.6) is 0 Å². The summed E-state index contributed by atoms with van der Waals surface area (Å²) in [6.45, 7) is 0.521. The lowest BCUT2D eigenvalue weighted by Gasteiger charge is -2.09. The molecule has 0 radical (unpaired) electrons. The molecule has 0 aliphatic rings. The molecule has 0 aliphatic carbocycles. The molecule has 0 spiro atoms. The third kappa shape index (κ3) is 4.98. The Balaban J connectivity index is 1.63. The molecule has 27 heavy (non-hydrogen) atoms. The van der Waals surface area contributed by atoms with Crippen molar-refractivity contribution < 1.29 is 13.6 Å². The minimum absolute atomic E-state index is 0.0158. The molecule has 0 bridgehead atoms.